The fraction of sp³-hybridized carbons (Fsp3) is 0.944. The second-order valence-electron chi connectivity index (χ2n) is 6.50. The molecule has 0 saturated carbocycles. The first-order valence-electron chi connectivity index (χ1n) is 8.69. The summed E-state index contributed by atoms with van der Waals surface area (Å²) in [6.45, 7) is 8.88. The highest BCUT2D eigenvalue weighted by Crippen LogP contribution is 2.19. The molecule has 0 aliphatic rings. The molecule has 0 rings (SSSR count). The monoisotopic (exact) mass is 284 g/mol. The van der Waals surface area contributed by atoms with Gasteiger partial charge in [0, 0.05) is 6.92 Å². The third-order valence-corrected chi connectivity index (χ3v) is 4.02. The minimum absolute atomic E-state index is 0.159. The predicted molar refractivity (Wildman–Crippen MR) is 86.8 cm³/mol. The van der Waals surface area contributed by atoms with Crippen LogP contribution in [0, 0.1) is 11.8 Å². The van der Waals surface area contributed by atoms with Crippen LogP contribution in [0.1, 0.15) is 91.9 Å². The van der Waals surface area contributed by atoms with Gasteiger partial charge in [-0.3, -0.25) is 4.79 Å². The quantitative estimate of drug-likeness (QED) is 0.318. The summed E-state index contributed by atoms with van der Waals surface area (Å²) < 4.78 is 5.03. The molecular weight excluding hydrogens is 248 g/mol. The van der Waals surface area contributed by atoms with Crippen LogP contribution >= 0.6 is 0 Å². The Morgan fingerprint density at radius 3 is 2.05 bits per heavy atom. The van der Waals surface area contributed by atoms with Crippen molar-refractivity contribution >= 4 is 5.97 Å². The van der Waals surface area contributed by atoms with Crippen molar-refractivity contribution in [2.75, 3.05) is 6.61 Å². The first-order chi connectivity index (χ1) is 9.56. The van der Waals surface area contributed by atoms with Gasteiger partial charge in [0.15, 0.2) is 0 Å². The van der Waals surface area contributed by atoms with E-state index in [1.807, 2.05) is 0 Å². The van der Waals surface area contributed by atoms with Crippen molar-refractivity contribution in [3.05, 3.63) is 0 Å². The molecule has 120 valence electrons. The summed E-state index contributed by atoms with van der Waals surface area (Å²) in [5.74, 6) is 1.19. The van der Waals surface area contributed by atoms with Gasteiger partial charge in [0.05, 0.1) is 6.61 Å². The van der Waals surface area contributed by atoms with E-state index in [9.17, 15) is 4.79 Å². The maximum atomic E-state index is 10.7. The maximum absolute atomic E-state index is 10.7. The van der Waals surface area contributed by atoms with E-state index in [1.54, 1.807) is 0 Å². The van der Waals surface area contributed by atoms with Crippen LogP contribution in [0.5, 0.6) is 0 Å². The van der Waals surface area contributed by atoms with Crippen LogP contribution in [0.25, 0.3) is 0 Å². The van der Waals surface area contributed by atoms with E-state index in [2.05, 4.69) is 20.8 Å². The highest BCUT2D eigenvalue weighted by Gasteiger charge is 2.07. The van der Waals surface area contributed by atoms with Gasteiger partial charge in [-0.25, -0.2) is 0 Å². The number of rotatable bonds is 13. The Kier molecular flexibility index (Phi) is 13.1. The lowest BCUT2D eigenvalue weighted by molar-refractivity contribution is -0.142. The predicted octanol–water partition coefficient (Wildman–Crippen LogP) is 5.74. The zero-order chi connectivity index (χ0) is 15.2. The molecule has 0 heterocycles. The van der Waals surface area contributed by atoms with E-state index in [1.165, 1.54) is 71.1 Å². The second-order valence-corrected chi connectivity index (χ2v) is 6.50. The van der Waals surface area contributed by atoms with E-state index < -0.39 is 0 Å². The van der Waals surface area contributed by atoms with Crippen molar-refractivity contribution in [2.24, 2.45) is 11.8 Å². The van der Waals surface area contributed by atoms with Crippen molar-refractivity contribution in [1.82, 2.24) is 0 Å². The van der Waals surface area contributed by atoms with Crippen molar-refractivity contribution in [3.8, 4) is 0 Å². The Bertz CT molecular complexity index is 225. The Balaban J connectivity index is 3.35. The Morgan fingerprint density at radius 1 is 0.850 bits per heavy atom. The molecule has 2 nitrogen and oxygen atoms in total. The number of unbranched alkanes of at least 4 members (excludes halogenated alkanes) is 5. The van der Waals surface area contributed by atoms with Crippen molar-refractivity contribution < 1.29 is 9.53 Å². The van der Waals surface area contributed by atoms with Gasteiger partial charge in [0.25, 0.3) is 0 Å². The van der Waals surface area contributed by atoms with Gasteiger partial charge in [-0.15, -0.1) is 0 Å². The Hall–Kier alpha value is -0.530. The van der Waals surface area contributed by atoms with Gasteiger partial charge >= 0.3 is 5.97 Å². The van der Waals surface area contributed by atoms with E-state index in [0.29, 0.717) is 12.5 Å². The van der Waals surface area contributed by atoms with Crippen LogP contribution in [-0.2, 0) is 9.53 Å². The van der Waals surface area contributed by atoms with E-state index in [4.69, 9.17) is 4.74 Å². The topological polar surface area (TPSA) is 26.3 Å². The minimum atomic E-state index is -0.159. The zero-order valence-corrected chi connectivity index (χ0v) is 14.2. The molecule has 0 aliphatic carbocycles. The van der Waals surface area contributed by atoms with Crippen LogP contribution < -0.4 is 0 Å². The fourth-order valence-corrected chi connectivity index (χ4v) is 2.58. The number of esters is 1. The molecule has 20 heavy (non-hydrogen) atoms. The third-order valence-electron chi connectivity index (χ3n) is 4.02. The number of carbonyl (C=O) groups is 1. The normalized spacial score (nSPS) is 14.0. The van der Waals surface area contributed by atoms with Crippen molar-refractivity contribution in [2.45, 2.75) is 91.9 Å². The summed E-state index contributed by atoms with van der Waals surface area (Å²) in [5.41, 5.74) is 0. The minimum Gasteiger partial charge on any atom is -0.466 e. The van der Waals surface area contributed by atoms with E-state index in [-0.39, 0.29) is 5.97 Å². The Labute approximate surface area is 126 Å². The summed E-state index contributed by atoms with van der Waals surface area (Å²) in [5, 5.41) is 0. The second kappa shape index (κ2) is 13.5. The van der Waals surface area contributed by atoms with Crippen LogP contribution in [-0.4, -0.2) is 12.6 Å². The van der Waals surface area contributed by atoms with Crippen molar-refractivity contribution in [1.29, 1.82) is 0 Å². The van der Waals surface area contributed by atoms with Gasteiger partial charge in [0.2, 0.25) is 0 Å². The average Bonchev–Trinajstić information content (AvgIpc) is 2.40. The lowest BCUT2D eigenvalue weighted by Gasteiger charge is -2.14. The SMILES string of the molecule is CCCCCCCC[C@H](C)CCC[C@H](C)COC(C)=O. The molecule has 2 heteroatoms. The molecule has 0 unspecified atom stereocenters. The number of carbonyl (C=O) groups excluding carboxylic acids is 1. The molecule has 0 amide bonds. The molecule has 0 spiro atoms. The molecule has 0 radical (unpaired) electrons. The first-order valence-corrected chi connectivity index (χ1v) is 8.69. The summed E-state index contributed by atoms with van der Waals surface area (Å²) >= 11 is 0. The molecule has 2 atom stereocenters. The van der Waals surface area contributed by atoms with Crippen LogP contribution in [0.4, 0.5) is 0 Å². The standard InChI is InChI=1S/C18H36O2/c1-5-6-7-8-9-10-12-16(2)13-11-14-17(3)15-20-18(4)19/h16-17H,5-15H2,1-4H3/t16-,17-/m0/s1. The lowest BCUT2D eigenvalue weighted by Crippen LogP contribution is -2.09. The van der Waals surface area contributed by atoms with E-state index >= 15 is 0 Å². The Morgan fingerprint density at radius 2 is 1.40 bits per heavy atom. The number of hydrogen-bond donors (Lipinski definition) is 0. The van der Waals surface area contributed by atoms with Gasteiger partial charge in [-0.1, -0.05) is 78.6 Å². The summed E-state index contributed by atoms with van der Waals surface area (Å²) in [6.07, 6.45) is 13.5. The largest absolute Gasteiger partial charge is 0.466 e. The fourth-order valence-electron chi connectivity index (χ4n) is 2.58. The van der Waals surface area contributed by atoms with Gasteiger partial charge in [0.1, 0.15) is 0 Å². The lowest BCUT2D eigenvalue weighted by atomic mass is 9.94. The van der Waals surface area contributed by atoms with Gasteiger partial charge in [-0.2, -0.15) is 0 Å². The van der Waals surface area contributed by atoms with Gasteiger partial charge in [-0.05, 0) is 18.3 Å². The van der Waals surface area contributed by atoms with Gasteiger partial charge < -0.3 is 4.74 Å². The molecule has 0 fully saturated rings. The zero-order valence-electron chi connectivity index (χ0n) is 14.2. The molecule has 0 saturated heterocycles. The summed E-state index contributed by atoms with van der Waals surface area (Å²) in [6, 6.07) is 0. The van der Waals surface area contributed by atoms with Crippen LogP contribution in [0.15, 0.2) is 0 Å². The molecule has 0 aliphatic heterocycles. The smallest absolute Gasteiger partial charge is 0.302 e. The summed E-state index contributed by atoms with van der Waals surface area (Å²) in [4.78, 5) is 10.7. The molecular formula is C18H36O2. The number of ether oxygens (including phenoxy) is 1. The maximum Gasteiger partial charge on any atom is 0.302 e. The van der Waals surface area contributed by atoms with Crippen molar-refractivity contribution in [3.63, 3.8) is 0 Å². The number of hydrogen-bond acceptors (Lipinski definition) is 2. The molecule has 0 bridgehead atoms. The third kappa shape index (κ3) is 13.9. The van der Waals surface area contributed by atoms with Crippen LogP contribution in [0.2, 0.25) is 0 Å². The molecule has 0 N–H and O–H groups in total. The first kappa shape index (κ1) is 19.5. The molecule has 0 aromatic carbocycles. The molecule has 0 aromatic rings. The molecule has 0 aromatic heterocycles. The average molecular weight is 284 g/mol. The summed E-state index contributed by atoms with van der Waals surface area (Å²) in [7, 11) is 0. The van der Waals surface area contributed by atoms with Crippen LogP contribution in [0.3, 0.4) is 0 Å². The highest BCUT2D eigenvalue weighted by molar-refractivity contribution is 5.65. The van der Waals surface area contributed by atoms with E-state index in [0.717, 1.165) is 5.92 Å². The highest BCUT2D eigenvalue weighted by atomic mass is 16.5.